The zero-order valence-corrected chi connectivity index (χ0v) is 8.51. The maximum Gasteiger partial charge on any atom is 0.305 e. The summed E-state index contributed by atoms with van der Waals surface area (Å²) in [5, 5.41) is 3.33. The lowest BCUT2D eigenvalue weighted by Crippen LogP contribution is -2.24. The van der Waals surface area contributed by atoms with Gasteiger partial charge in [-0.15, -0.1) is 0 Å². The second kappa shape index (κ2) is 5.22. The lowest BCUT2D eigenvalue weighted by molar-refractivity contribution is -0.143. The largest absolute Gasteiger partial charge is 0.464 e. The van der Waals surface area contributed by atoms with Crippen LogP contribution in [0.3, 0.4) is 0 Å². The molecular weight excluding hydrogens is 166 g/mol. The molecule has 13 heavy (non-hydrogen) atoms. The van der Waals surface area contributed by atoms with Crippen LogP contribution in [-0.4, -0.2) is 25.2 Å². The van der Waals surface area contributed by atoms with E-state index in [1.54, 1.807) is 0 Å². The Kier molecular flexibility index (Phi) is 4.22. The monoisotopic (exact) mass is 185 g/mol. The van der Waals surface area contributed by atoms with Gasteiger partial charge in [-0.1, -0.05) is 13.8 Å². The highest BCUT2D eigenvalue weighted by Gasteiger charge is 2.31. The minimum atomic E-state index is -0.0758. The van der Waals surface area contributed by atoms with Crippen LogP contribution in [0.4, 0.5) is 0 Å². The average Bonchev–Trinajstić information content (AvgIpc) is 2.77. The van der Waals surface area contributed by atoms with Gasteiger partial charge in [0.25, 0.3) is 0 Å². The van der Waals surface area contributed by atoms with Crippen LogP contribution in [0, 0.1) is 5.92 Å². The Labute approximate surface area is 79.8 Å². The maximum absolute atomic E-state index is 10.9. The fraction of sp³-hybridized carbons (Fsp3) is 0.900. The topological polar surface area (TPSA) is 38.3 Å². The van der Waals surface area contributed by atoms with E-state index in [9.17, 15) is 4.79 Å². The van der Waals surface area contributed by atoms with Crippen LogP contribution < -0.4 is 5.32 Å². The molecule has 1 saturated carbocycles. The molecule has 0 spiro atoms. The van der Waals surface area contributed by atoms with E-state index in [-0.39, 0.29) is 5.97 Å². The van der Waals surface area contributed by atoms with Crippen LogP contribution >= 0.6 is 0 Å². The number of hydrogen-bond acceptors (Lipinski definition) is 3. The van der Waals surface area contributed by atoms with Crippen LogP contribution in [0.5, 0.6) is 0 Å². The van der Waals surface area contributed by atoms with Crippen molar-refractivity contribution in [2.24, 2.45) is 5.92 Å². The third kappa shape index (κ3) is 4.27. The highest BCUT2D eigenvalue weighted by atomic mass is 16.5. The summed E-state index contributed by atoms with van der Waals surface area (Å²) < 4.78 is 4.99. The molecule has 1 fully saturated rings. The molecule has 0 aromatic rings. The van der Waals surface area contributed by atoms with Gasteiger partial charge in [0.1, 0.15) is 6.61 Å². The highest BCUT2D eigenvalue weighted by Crippen LogP contribution is 2.28. The van der Waals surface area contributed by atoms with E-state index in [1.165, 1.54) is 6.42 Å². The van der Waals surface area contributed by atoms with Gasteiger partial charge in [0, 0.05) is 19.0 Å². The van der Waals surface area contributed by atoms with Gasteiger partial charge in [-0.25, -0.2) is 0 Å². The Morgan fingerprint density at radius 2 is 2.31 bits per heavy atom. The first-order chi connectivity index (χ1) is 6.24. The summed E-state index contributed by atoms with van der Waals surface area (Å²) >= 11 is 0. The molecule has 2 atom stereocenters. The predicted octanol–water partition coefficient (Wildman–Crippen LogP) is 1.33. The van der Waals surface area contributed by atoms with Crippen molar-refractivity contribution in [1.82, 2.24) is 5.32 Å². The second-order valence-corrected chi connectivity index (χ2v) is 3.74. The third-order valence-electron chi connectivity index (χ3n) is 2.34. The molecule has 0 saturated heterocycles. The molecule has 0 aromatic heterocycles. The first kappa shape index (κ1) is 10.5. The highest BCUT2D eigenvalue weighted by molar-refractivity contribution is 5.69. The van der Waals surface area contributed by atoms with E-state index >= 15 is 0 Å². The molecule has 2 unspecified atom stereocenters. The standard InChI is InChI=1S/C10H19NO2/c1-3-4-10(12)13-6-5-11-9-7-8(9)2/h8-9,11H,3-7H2,1-2H3. The summed E-state index contributed by atoms with van der Waals surface area (Å²) in [5.41, 5.74) is 0. The van der Waals surface area contributed by atoms with Crippen molar-refractivity contribution < 1.29 is 9.53 Å². The van der Waals surface area contributed by atoms with Crippen molar-refractivity contribution in [1.29, 1.82) is 0 Å². The molecule has 0 bridgehead atoms. The summed E-state index contributed by atoms with van der Waals surface area (Å²) in [6.07, 6.45) is 2.68. The number of nitrogens with one attached hydrogen (secondary N) is 1. The number of rotatable bonds is 6. The zero-order chi connectivity index (χ0) is 9.68. The summed E-state index contributed by atoms with van der Waals surface area (Å²) in [4.78, 5) is 10.9. The van der Waals surface area contributed by atoms with Gasteiger partial charge in [-0.3, -0.25) is 4.79 Å². The number of ether oxygens (including phenoxy) is 1. The number of carbonyl (C=O) groups is 1. The number of esters is 1. The summed E-state index contributed by atoms with van der Waals surface area (Å²) in [6.45, 7) is 5.51. The van der Waals surface area contributed by atoms with Gasteiger partial charge in [0.2, 0.25) is 0 Å². The van der Waals surface area contributed by atoms with Crippen molar-refractivity contribution in [2.75, 3.05) is 13.2 Å². The molecule has 1 aliphatic rings. The van der Waals surface area contributed by atoms with Crippen LogP contribution in [-0.2, 0) is 9.53 Å². The van der Waals surface area contributed by atoms with Crippen molar-refractivity contribution in [3.8, 4) is 0 Å². The fourth-order valence-corrected chi connectivity index (χ4v) is 1.29. The molecular formula is C10H19NO2. The van der Waals surface area contributed by atoms with Gasteiger partial charge >= 0.3 is 5.97 Å². The fourth-order valence-electron chi connectivity index (χ4n) is 1.29. The van der Waals surface area contributed by atoms with Gasteiger partial charge < -0.3 is 10.1 Å². The molecule has 1 rings (SSSR count). The lowest BCUT2D eigenvalue weighted by Gasteiger charge is -2.04. The van der Waals surface area contributed by atoms with Gasteiger partial charge in [0.15, 0.2) is 0 Å². The summed E-state index contributed by atoms with van der Waals surface area (Å²) in [7, 11) is 0. The van der Waals surface area contributed by atoms with Crippen molar-refractivity contribution >= 4 is 5.97 Å². The molecule has 1 N–H and O–H groups in total. The molecule has 0 radical (unpaired) electrons. The Morgan fingerprint density at radius 3 is 2.85 bits per heavy atom. The van der Waals surface area contributed by atoms with Gasteiger partial charge in [0.05, 0.1) is 0 Å². The minimum absolute atomic E-state index is 0.0758. The van der Waals surface area contributed by atoms with Crippen LogP contribution in [0.1, 0.15) is 33.1 Å². The minimum Gasteiger partial charge on any atom is -0.464 e. The molecule has 0 aliphatic heterocycles. The average molecular weight is 185 g/mol. The van der Waals surface area contributed by atoms with E-state index in [0.29, 0.717) is 19.1 Å². The lowest BCUT2D eigenvalue weighted by atomic mass is 10.3. The molecule has 3 nitrogen and oxygen atoms in total. The quantitative estimate of drug-likeness (QED) is 0.501. The van der Waals surface area contributed by atoms with E-state index in [0.717, 1.165) is 18.9 Å². The SMILES string of the molecule is CCCC(=O)OCCNC1CC1C. The zero-order valence-electron chi connectivity index (χ0n) is 8.51. The van der Waals surface area contributed by atoms with Gasteiger partial charge in [-0.05, 0) is 18.8 Å². The van der Waals surface area contributed by atoms with Crippen molar-refractivity contribution in [2.45, 2.75) is 39.2 Å². The maximum atomic E-state index is 10.9. The Bertz CT molecular complexity index is 170. The Balaban J connectivity index is 1.86. The first-order valence-electron chi connectivity index (χ1n) is 5.13. The van der Waals surface area contributed by atoms with E-state index in [1.807, 2.05) is 6.92 Å². The normalized spacial score (nSPS) is 25.7. The number of hydrogen-bond donors (Lipinski definition) is 1. The van der Waals surface area contributed by atoms with Crippen molar-refractivity contribution in [3.05, 3.63) is 0 Å². The molecule has 3 heteroatoms. The molecule has 1 aliphatic carbocycles. The van der Waals surface area contributed by atoms with Crippen molar-refractivity contribution in [3.63, 3.8) is 0 Å². The van der Waals surface area contributed by atoms with E-state index < -0.39 is 0 Å². The molecule has 0 aromatic carbocycles. The molecule has 0 heterocycles. The first-order valence-corrected chi connectivity index (χ1v) is 5.13. The van der Waals surface area contributed by atoms with Crippen LogP contribution in [0.25, 0.3) is 0 Å². The summed E-state index contributed by atoms with van der Waals surface area (Å²) in [5.74, 6) is 0.736. The van der Waals surface area contributed by atoms with Crippen LogP contribution in [0.2, 0.25) is 0 Å². The Morgan fingerprint density at radius 1 is 1.62 bits per heavy atom. The van der Waals surface area contributed by atoms with Crippen LogP contribution in [0.15, 0.2) is 0 Å². The number of carbonyl (C=O) groups excluding carboxylic acids is 1. The smallest absolute Gasteiger partial charge is 0.305 e. The molecule has 76 valence electrons. The Hall–Kier alpha value is -0.570. The van der Waals surface area contributed by atoms with E-state index in [2.05, 4.69) is 12.2 Å². The van der Waals surface area contributed by atoms with E-state index in [4.69, 9.17) is 4.74 Å². The summed E-state index contributed by atoms with van der Waals surface area (Å²) in [6, 6.07) is 0.671. The predicted molar refractivity (Wildman–Crippen MR) is 51.4 cm³/mol. The van der Waals surface area contributed by atoms with Gasteiger partial charge in [-0.2, -0.15) is 0 Å². The third-order valence-corrected chi connectivity index (χ3v) is 2.34. The molecule has 0 amide bonds. The second-order valence-electron chi connectivity index (χ2n) is 3.74.